The summed E-state index contributed by atoms with van der Waals surface area (Å²) in [6, 6.07) is 3.70. The number of benzene rings is 1. The molecule has 0 aliphatic heterocycles. The molecule has 15 heavy (non-hydrogen) atoms. The van der Waals surface area contributed by atoms with E-state index in [-0.39, 0.29) is 16.9 Å². The van der Waals surface area contributed by atoms with Crippen LogP contribution in [0.25, 0.3) is 0 Å². The van der Waals surface area contributed by atoms with Gasteiger partial charge in [-0.05, 0) is 18.2 Å². The number of carbonyl (C=O) groups is 1. The van der Waals surface area contributed by atoms with Crippen LogP contribution in [0.15, 0.2) is 18.2 Å². The molecule has 0 fully saturated rings. The van der Waals surface area contributed by atoms with Gasteiger partial charge < -0.3 is 9.76 Å². The van der Waals surface area contributed by atoms with Crippen molar-refractivity contribution in [1.29, 1.82) is 0 Å². The number of aromatic carboxylic acids is 1. The van der Waals surface area contributed by atoms with Crippen LogP contribution in [0.3, 0.4) is 0 Å². The number of carboxylic acids is 1. The summed E-state index contributed by atoms with van der Waals surface area (Å²) in [5.74, 6) is -1.12. The van der Waals surface area contributed by atoms with E-state index >= 15 is 0 Å². The standard InChI is InChI=1S/C8H6BNO5/c9-15-7-2-5(4-10(13)14)1-6(3-7)8(11)12/h1-3H,4H2,(H,11,12). The van der Waals surface area contributed by atoms with Crippen molar-refractivity contribution < 1.29 is 19.5 Å². The molecule has 76 valence electrons. The Morgan fingerprint density at radius 1 is 1.53 bits per heavy atom. The van der Waals surface area contributed by atoms with Crippen LogP contribution < -0.4 is 4.65 Å². The van der Waals surface area contributed by atoms with Crippen molar-refractivity contribution >= 4 is 14.0 Å². The van der Waals surface area contributed by atoms with E-state index in [0.717, 1.165) is 0 Å². The molecule has 0 spiro atoms. The van der Waals surface area contributed by atoms with E-state index in [1.165, 1.54) is 18.2 Å². The van der Waals surface area contributed by atoms with Crippen molar-refractivity contribution in [3.05, 3.63) is 39.4 Å². The number of hydrogen-bond acceptors (Lipinski definition) is 4. The summed E-state index contributed by atoms with van der Waals surface area (Å²) in [6.07, 6.45) is 0. The van der Waals surface area contributed by atoms with Gasteiger partial charge >= 0.3 is 14.0 Å². The topological polar surface area (TPSA) is 89.7 Å². The average Bonchev–Trinajstić information content (AvgIpc) is 2.16. The largest absolute Gasteiger partial charge is 0.568 e. The Bertz CT molecular complexity index is 406. The first-order chi connectivity index (χ1) is 7.02. The molecule has 0 bridgehead atoms. The first-order valence-electron chi connectivity index (χ1n) is 3.88. The molecule has 1 N–H and O–H groups in total. The quantitative estimate of drug-likeness (QED) is 0.444. The van der Waals surface area contributed by atoms with Crippen molar-refractivity contribution in [3.63, 3.8) is 0 Å². The molecule has 0 aromatic heterocycles. The summed E-state index contributed by atoms with van der Waals surface area (Å²) in [4.78, 5) is 20.3. The van der Waals surface area contributed by atoms with Gasteiger partial charge in [0.15, 0.2) is 0 Å². The predicted octanol–water partition coefficient (Wildman–Crippen LogP) is 0.624. The van der Waals surface area contributed by atoms with Crippen molar-refractivity contribution in [2.75, 3.05) is 0 Å². The van der Waals surface area contributed by atoms with E-state index in [9.17, 15) is 14.9 Å². The zero-order valence-electron chi connectivity index (χ0n) is 7.54. The maximum absolute atomic E-state index is 10.6. The summed E-state index contributed by atoms with van der Waals surface area (Å²) >= 11 is 0. The molecule has 7 heteroatoms. The monoisotopic (exact) mass is 207 g/mol. The van der Waals surface area contributed by atoms with Crippen LogP contribution in [0.5, 0.6) is 5.75 Å². The molecule has 0 saturated carbocycles. The molecular formula is C8H6BNO5. The summed E-state index contributed by atoms with van der Waals surface area (Å²) in [7, 11) is 4.86. The summed E-state index contributed by atoms with van der Waals surface area (Å²) in [5.41, 5.74) is 0.121. The van der Waals surface area contributed by atoms with Gasteiger partial charge in [-0.1, -0.05) is 0 Å². The van der Waals surface area contributed by atoms with Crippen LogP contribution in [0.2, 0.25) is 0 Å². The minimum atomic E-state index is -1.20. The first kappa shape index (κ1) is 11.0. The average molecular weight is 207 g/mol. The van der Waals surface area contributed by atoms with Crippen molar-refractivity contribution in [2.45, 2.75) is 6.54 Å². The van der Waals surface area contributed by atoms with Crippen LogP contribution in [0, 0.1) is 10.1 Å². The van der Waals surface area contributed by atoms with E-state index in [4.69, 9.17) is 13.2 Å². The Hall–Kier alpha value is -2.05. The zero-order valence-corrected chi connectivity index (χ0v) is 7.54. The van der Waals surface area contributed by atoms with E-state index in [2.05, 4.69) is 4.65 Å². The van der Waals surface area contributed by atoms with Gasteiger partial charge in [-0.2, -0.15) is 0 Å². The van der Waals surface area contributed by atoms with Gasteiger partial charge in [-0.25, -0.2) is 4.79 Å². The van der Waals surface area contributed by atoms with Crippen LogP contribution in [0.1, 0.15) is 15.9 Å². The number of carboxylic acid groups (broad SMARTS) is 1. The van der Waals surface area contributed by atoms with Crippen LogP contribution in [0.4, 0.5) is 0 Å². The highest BCUT2D eigenvalue weighted by Gasteiger charge is 2.10. The Balaban J connectivity index is 3.11. The second kappa shape index (κ2) is 4.45. The molecule has 0 unspecified atom stereocenters. The fourth-order valence-corrected chi connectivity index (χ4v) is 1.09. The Kier molecular flexibility index (Phi) is 3.27. The molecule has 1 aromatic rings. The van der Waals surface area contributed by atoms with E-state index < -0.39 is 17.4 Å². The van der Waals surface area contributed by atoms with Crippen LogP contribution in [-0.4, -0.2) is 24.0 Å². The lowest BCUT2D eigenvalue weighted by Crippen LogP contribution is -2.03. The molecule has 2 radical (unpaired) electrons. The lowest BCUT2D eigenvalue weighted by Gasteiger charge is -2.04. The molecule has 0 aliphatic carbocycles. The second-order valence-electron chi connectivity index (χ2n) is 2.78. The maximum Gasteiger partial charge on any atom is 0.374 e. The highest BCUT2D eigenvalue weighted by atomic mass is 16.6. The SMILES string of the molecule is [B]Oc1cc(C[N+](=O)[O-])cc(C(=O)O)c1. The molecule has 0 amide bonds. The smallest absolute Gasteiger partial charge is 0.374 e. The van der Waals surface area contributed by atoms with Gasteiger partial charge in [-0.3, -0.25) is 10.1 Å². The number of hydrogen-bond donors (Lipinski definition) is 1. The van der Waals surface area contributed by atoms with E-state index in [1.54, 1.807) is 0 Å². The van der Waals surface area contributed by atoms with Crippen molar-refractivity contribution in [2.24, 2.45) is 0 Å². The third-order valence-corrected chi connectivity index (χ3v) is 1.66. The van der Waals surface area contributed by atoms with Crippen molar-refractivity contribution in [1.82, 2.24) is 0 Å². The zero-order chi connectivity index (χ0) is 11.4. The van der Waals surface area contributed by atoms with Crippen LogP contribution >= 0.6 is 0 Å². The molecule has 0 aliphatic rings. The third-order valence-electron chi connectivity index (χ3n) is 1.66. The summed E-state index contributed by atoms with van der Waals surface area (Å²) in [5, 5.41) is 18.9. The normalized spacial score (nSPS) is 9.60. The molecule has 0 saturated heterocycles. The fraction of sp³-hybridized carbons (Fsp3) is 0.125. The van der Waals surface area contributed by atoms with Gasteiger partial charge in [0.25, 0.3) is 0 Å². The minimum Gasteiger partial charge on any atom is -0.568 e. The minimum absolute atomic E-state index is 0.0757. The highest BCUT2D eigenvalue weighted by Crippen LogP contribution is 2.17. The van der Waals surface area contributed by atoms with E-state index in [0.29, 0.717) is 0 Å². The molecule has 0 atom stereocenters. The Morgan fingerprint density at radius 3 is 2.67 bits per heavy atom. The van der Waals surface area contributed by atoms with E-state index in [1.807, 2.05) is 0 Å². The Morgan fingerprint density at radius 2 is 2.20 bits per heavy atom. The summed E-state index contributed by atoms with van der Waals surface area (Å²) in [6.45, 7) is -0.475. The number of rotatable bonds is 4. The maximum atomic E-state index is 10.6. The third kappa shape index (κ3) is 2.98. The van der Waals surface area contributed by atoms with Gasteiger partial charge in [0.1, 0.15) is 0 Å². The summed E-state index contributed by atoms with van der Waals surface area (Å²) < 4.78 is 4.34. The molecule has 6 nitrogen and oxygen atoms in total. The molecular weight excluding hydrogens is 201 g/mol. The van der Waals surface area contributed by atoms with Gasteiger partial charge in [0.05, 0.1) is 11.3 Å². The lowest BCUT2D eigenvalue weighted by atomic mass is 10.1. The lowest BCUT2D eigenvalue weighted by molar-refractivity contribution is -0.496. The van der Waals surface area contributed by atoms with Gasteiger partial charge in [-0.15, -0.1) is 0 Å². The number of nitrogens with zero attached hydrogens (tertiary/aromatic N) is 1. The van der Waals surface area contributed by atoms with Gasteiger partial charge in [0.2, 0.25) is 6.54 Å². The molecule has 1 rings (SSSR count). The first-order valence-corrected chi connectivity index (χ1v) is 3.88. The van der Waals surface area contributed by atoms with Gasteiger partial charge in [0, 0.05) is 10.5 Å². The molecule has 1 aromatic carbocycles. The second-order valence-corrected chi connectivity index (χ2v) is 2.78. The predicted molar refractivity (Wildman–Crippen MR) is 50.5 cm³/mol. The fourth-order valence-electron chi connectivity index (χ4n) is 1.09. The molecule has 0 heterocycles. The van der Waals surface area contributed by atoms with Crippen molar-refractivity contribution in [3.8, 4) is 5.75 Å². The Labute approximate surface area is 86.1 Å². The van der Waals surface area contributed by atoms with Crippen LogP contribution in [-0.2, 0) is 6.54 Å². The highest BCUT2D eigenvalue weighted by molar-refractivity contribution is 6.00. The number of nitro groups is 1.